The Balaban J connectivity index is 1.57. The maximum Gasteiger partial charge on any atom is 0.261 e. The minimum absolute atomic E-state index is 0.0323. The molecule has 4 rings (SSSR count). The molecule has 2 heterocycles. The van der Waals surface area contributed by atoms with Crippen molar-refractivity contribution in [3.05, 3.63) is 93.4 Å². The lowest BCUT2D eigenvalue weighted by Crippen LogP contribution is -2.25. The average Bonchev–Trinajstić information content (AvgIpc) is 2.75. The molecule has 2 aromatic carbocycles. The van der Waals surface area contributed by atoms with E-state index in [9.17, 15) is 4.79 Å². The number of hydrogen-bond acceptors (Lipinski definition) is 6. The van der Waals surface area contributed by atoms with Gasteiger partial charge in [0.05, 0.1) is 29.7 Å². The first-order chi connectivity index (χ1) is 14.5. The molecule has 0 unspecified atom stereocenters. The van der Waals surface area contributed by atoms with E-state index in [1.165, 1.54) is 0 Å². The Morgan fingerprint density at radius 3 is 2.47 bits per heavy atom. The number of hydrogen-bond donors (Lipinski definition) is 2. The summed E-state index contributed by atoms with van der Waals surface area (Å²) in [5.41, 5.74) is 3.32. The van der Waals surface area contributed by atoms with Crippen LogP contribution in [0.15, 0.2) is 59.4 Å². The molecule has 0 saturated heterocycles. The monoisotopic (exact) mass is 401 g/mol. The van der Waals surface area contributed by atoms with Crippen LogP contribution in [0.2, 0.25) is 0 Å². The first kappa shape index (κ1) is 19.7. The molecular weight excluding hydrogens is 378 g/mol. The summed E-state index contributed by atoms with van der Waals surface area (Å²) >= 11 is 0. The highest BCUT2D eigenvalue weighted by Crippen LogP contribution is 2.13. The molecule has 2 aromatic heterocycles. The second kappa shape index (κ2) is 8.42. The highest BCUT2D eigenvalue weighted by atomic mass is 16.3. The van der Waals surface area contributed by atoms with E-state index in [2.05, 4.69) is 20.3 Å². The number of para-hydroxylation sites is 1. The van der Waals surface area contributed by atoms with Gasteiger partial charge in [0.15, 0.2) is 0 Å². The molecule has 0 spiro atoms. The third-order valence-corrected chi connectivity index (χ3v) is 4.94. The van der Waals surface area contributed by atoms with Gasteiger partial charge >= 0.3 is 0 Å². The van der Waals surface area contributed by atoms with E-state index < -0.39 is 0 Å². The van der Waals surface area contributed by atoms with E-state index >= 15 is 0 Å². The van der Waals surface area contributed by atoms with Crippen molar-refractivity contribution in [3.63, 3.8) is 0 Å². The van der Waals surface area contributed by atoms with Gasteiger partial charge < -0.3 is 10.4 Å². The fraction of sp³-hybridized carbons (Fsp3) is 0.217. The van der Waals surface area contributed by atoms with E-state index in [4.69, 9.17) is 5.11 Å². The van der Waals surface area contributed by atoms with Crippen LogP contribution in [0.3, 0.4) is 0 Å². The number of fused-ring (bicyclic) bond motifs is 1. The van der Waals surface area contributed by atoms with Crippen LogP contribution in [-0.4, -0.2) is 24.6 Å². The molecular formula is C23H23N5O2. The average molecular weight is 401 g/mol. The number of aryl methyl sites for hydroxylation is 2. The summed E-state index contributed by atoms with van der Waals surface area (Å²) in [5, 5.41) is 13.1. The van der Waals surface area contributed by atoms with Gasteiger partial charge in [-0.2, -0.15) is 0 Å². The molecule has 0 radical (unpaired) electrons. The molecule has 0 atom stereocenters. The SMILES string of the molecule is Cc1nc(Cn2c(C)nc3ccccc3c2=O)cc(NCc2ccc(CO)cc2)n1. The van der Waals surface area contributed by atoms with Gasteiger partial charge in [-0.1, -0.05) is 36.4 Å². The van der Waals surface area contributed by atoms with Crippen LogP contribution in [0.25, 0.3) is 10.9 Å². The zero-order valence-corrected chi connectivity index (χ0v) is 17.0. The summed E-state index contributed by atoms with van der Waals surface area (Å²) in [7, 11) is 0. The third kappa shape index (κ3) is 4.21. The summed E-state index contributed by atoms with van der Waals surface area (Å²) < 4.78 is 1.64. The maximum absolute atomic E-state index is 12.9. The highest BCUT2D eigenvalue weighted by Gasteiger charge is 2.10. The molecule has 0 amide bonds. The van der Waals surface area contributed by atoms with Gasteiger partial charge in [-0.05, 0) is 37.1 Å². The van der Waals surface area contributed by atoms with Gasteiger partial charge in [-0.25, -0.2) is 15.0 Å². The summed E-state index contributed by atoms with van der Waals surface area (Å²) in [6.07, 6.45) is 0. The number of aromatic nitrogens is 4. The van der Waals surface area contributed by atoms with Crippen molar-refractivity contribution in [2.45, 2.75) is 33.5 Å². The molecule has 152 valence electrons. The summed E-state index contributed by atoms with van der Waals surface area (Å²) in [5.74, 6) is 1.97. The van der Waals surface area contributed by atoms with Crippen LogP contribution >= 0.6 is 0 Å². The minimum atomic E-state index is -0.0761. The van der Waals surface area contributed by atoms with Gasteiger partial charge in [0.25, 0.3) is 5.56 Å². The third-order valence-electron chi connectivity index (χ3n) is 4.94. The fourth-order valence-electron chi connectivity index (χ4n) is 3.38. The van der Waals surface area contributed by atoms with Crippen LogP contribution in [0.4, 0.5) is 5.82 Å². The first-order valence-corrected chi connectivity index (χ1v) is 9.77. The van der Waals surface area contributed by atoms with Gasteiger partial charge in [0, 0.05) is 12.6 Å². The zero-order valence-electron chi connectivity index (χ0n) is 17.0. The number of aliphatic hydroxyl groups is 1. The Labute approximate surface area is 174 Å². The van der Waals surface area contributed by atoms with E-state index in [0.29, 0.717) is 41.5 Å². The molecule has 0 aliphatic carbocycles. The lowest BCUT2D eigenvalue weighted by molar-refractivity contribution is 0.282. The molecule has 7 nitrogen and oxygen atoms in total. The van der Waals surface area contributed by atoms with Crippen molar-refractivity contribution in [3.8, 4) is 0 Å². The molecule has 0 bridgehead atoms. The van der Waals surface area contributed by atoms with Crippen molar-refractivity contribution < 1.29 is 5.11 Å². The Kier molecular flexibility index (Phi) is 5.54. The van der Waals surface area contributed by atoms with Crippen LogP contribution < -0.4 is 10.9 Å². The predicted molar refractivity (Wildman–Crippen MR) is 116 cm³/mol. The molecule has 0 aliphatic heterocycles. The maximum atomic E-state index is 12.9. The summed E-state index contributed by atoms with van der Waals surface area (Å²) in [4.78, 5) is 26.4. The van der Waals surface area contributed by atoms with Crippen LogP contribution in [0.5, 0.6) is 0 Å². The minimum Gasteiger partial charge on any atom is -0.392 e. The number of rotatable bonds is 6. The Bertz CT molecular complexity index is 1250. The number of benzene rings is 2. The predicted octanol–water partition coefficient (Wildman–Crippen LogP) is 2.96. The molecule has 2 N–H and O–H groups in total. The topological polar surface area (TPSA) is 92.9 Å². The Morgan fingerprint density at radius 2 is 1.70 bits per heavy atom. The van der Waals surface area contributed by atoms with Crippen molar-refractivity contribution in [1.82, 2.24) is 19.5 Å². The standard InChI is InChI=1S/C23H23N5O2/c1-15-25-19(11-22(26-15)24-12-17-7-9-18(14-29)10-8-17)13-28-16(2)27-21-6-4-3-5-20(21)23(28)30/h3-11,29H,12-14H2,1-2H3,(H,24,25,26). The van der Waals surface area contributed by atoms with Gasteiger partial charge in [0.1, 0.15) is 17.5 Å². The second-order valence-corrected chi connectivity index (χ2v) is 7.19. The largest absolute Gasteiger partial charge is 0.392 e. The van der Waals surface area contributed by atoms with E-state index in [0.717, 1.165) is 16.8 Å². The smallest absolute Gasteiger partial charge is 0.261 e. The number of aliphatic hydroxyl groups excluding tert-OH is 1. The molecule has 0 saturated carbocycles. The van der Waals surface area contributed by atoms with E-state index in [1.807, 2.05) is 62.4 Å². The molecule has 4 aromatic rings. The molecule has 0 fully saturated rings. The quantitative estimate of drug-likeness (QED) is 0.516. The summed E-state index contributed by atoms with van der Waals surface area (Å²) in [6.45, 7) is 4.62. The normalized spacial score (nSPS) is 11.0. The van der Waals surface area contributed by atoms with E-state index in [1.54, 1.807) is 10.6 Å². The van der Waals surface area contributed by atoms with Crippen molar-refractivity contribution in [2.24, 2.45) is 0 Å². The van der Waals surface area contributed by atoms with Crippen LogP contribution in [0, 0.1) is 13.8 Å². The van der Waals surface area contributed by atoms with Gasteiger partial charge in [-0.15, -0.1) is 0 Å². The van der Waals surface area contributed by atoms with Gasteiger partial charge in [0.2, 0.25) is 0 Å². The summed E-state index contributed by atoms with van der Waals surface area (Å²) in [6, 6.07) is 16.9. The fourth-order valence-corrected chi connectivity index (χ4v) is 3.38. The molecule has 30 heavy (non-hydrogen) atoms. The molecule has 0 aliphatic rings. The van der Waals surface area contributed by atoms with Crippen molar-refractivity contribution in [2.75, 3.05) is 5.32 Å². The number of anilines is 1. The second-order valence-electron chi connectivity index (χ2n) is 7.19. The van der Waals surface area contributed by atoms with Crippen LogP contribution in [-0.2, 0) is 19.7 Å². The Hall–Kier alpha value is -3.58. The highest BCUT2D eigenvalue weighted by molar-refractivity contribution is 5.77. The number of nitrogens with zero attached hydrogens (tertiary/aromatic N) is 4. The lowest BCUT2D eigenvalue weighted by Gasteiger charge is -2.12. The lowest BCUT2D eigenvalue weighted by atomic mass is 10.1. The van der Waals surface area contributed by atoms with Crippen molar-refractivity contribution in [1.29, 1.82) is 0 Å². The number of nitrogens with one attached hydrogen (secondary N) is 1. The first-order valence-electron chi connectivity index (χ1n) is 9.77. The van der Waals surface area contributed by atoms with Gasteiger partial charge in [-0.3, -0.25) is 9.36 Å². The molecule has 7 heteroatoms. The Morgan fingerprint density at radius 1 is 0.967 bits per heavy atom. The zero-order chi connectivity index (χ0) is 21.1. The van der Waals surface area contributed by atoms with Crippen LogP contribution in [0.1, 0.15) is 28.5 Å². The van der Waals surface area contributed by atoms with E-state index in [-0.39, 0.29) is 12.2 Å². The van der Waals surface area contributed by atoms with Crippen molar-refractivity contribution >= 4 is 16.7 Å².